The summed E-state index contributed by atoms with van der Waals surface area (Å²) in [6.07, 6.45) is 9.48. The number of carbonyl (C=O) groups excluding carboxylic acids is 2. The third-order valence-electron chi connectivity index (χ3n) is 8.92. The van der Waals surface area contributed by atoms with Gasteiger partial charge in [0, 0.05) is 28.9 Å². The zero-order valence-electron chi connectivity index (χ0n) is 28.0. The maximum absolute atomic E-state index is 14.2. The van der Waals surface area contributed by atoms with Crippen molar-refractivity contribution in [2.75, 3.05) is 17.6 Å². The number of carbonyl (C=O) groups is 2. The van der Waals surface area contributed by atoms with E-state index in [0.717, 1.165) is 37.5 Å². The van der Waals surface area contributed by atoms with Crippen LogP contribution in [-0.2, 0) is 18.4 Å². The van der Waals surface area contributed by atoms with Gasteiger partial charge in [0.15, 0.2) is 5.72 Å². The van der Waals surface area contributed by atoms with Crippen molar-refractivity contribution in [3.05, 3.63) is 92.5 Å². The largest absolute Gasteiger partial charge is 0.416 e. The van der Waals surface area contributed by atoms with Crippen molar-refractivity contribution in [3.63, 3.8) is 0 Å². The first-order chi connectivity index (χ1) is 23.8. The Hall–Kier alpha value is -3.74. The fourth-order valence-electron chi connectivity index (χ4n) is 6.28. The number of benzene rings is 3. The summed E-state index contributed by atoms with van der Waals surface area (Å²) < 4.78 is 68.3. The fraction of sp³-hybridized carbons (Fsp3) is 0.459. The Balaban J connectivity index is 1.51. The lowest BCUT2D eigenvalue weighted by Gasteiger charge is -2.28. The van der Waals surface area contributed by atoms with Crippen molar-refractivity contribution in [3.8, 4) is 0 Å². The Morgan fingerprint density at radius 1 is 0.900 bits per heavy atom. The molecule has 3 aromatic rings. The summed E-state index contributed by atoms with van der Waals surface area (Å²) in [5.41, 5.74) is 1.54. The number of anilines is 2. The average molecular weight is 723 g/mol. The van der Waals surface area contributed by atoms with Crippen LogP contribution >= 0.6 is 11.6 Å². The highest BCUT2D eigenvalue weighted by Gasteiger charge is 2.48. The van der Waals surface area contributed by atoms with Crippen LogP contribution in [0.25, 0.3) is 0 Å². The molecular weight excluding hydrogens is 679 g/mol. The average Bonchev–Trinajstić information content (AvgIpc) is 3.33. The first-order valence-corrected chi connectivity index (χ1v) is 17.5. The Morgan fingerprint density at radius 3 is 2.12 bits per heavy atom. The molecule has 13 heteroatoms. The standard InChI is InChI=1S/C37H44ClF5N4O3/c1-2-3-4-5-6-7-8-9-10-11-12-13-16-45-22-24-19-30(46-34(48)23-17-25(37(41,42)43)20-27(40)18-23)32-31(33(24)44)35(49)47-36(32,50)28-15-14-26(39)21-29(28)38/h14-15,17-21,45,50H,2-13,16,22,44H2,1H3,(H,46,48)(H,47,49). The van der Waals surface area contributed by atoms with Crippen LogP contribution in [0.1, 0.15) is 127 Å². The van der Waals surface area contributed by atoms with Gasteiger partial charge in [-0.1, -0.05) is 89.2 Å². The molecule has 1 aliphatic heterocycles. The zero-order valence-corrected chi connectivity index (χ0v) is 28.8. The van der Waals surface area contributed by atoms with Gasteiger partial charge < -0.3 is 26.8 Å². The van der Waals surface area contributed by atoms with E-state index in [-0.39, 0.29) is 45.7 Å². The summed E-state index contributed by atoms with van der Waals surface area (Å²) in [6.45, 7) is 2.99. The van der Waals surface area contributed by atoms with E-state index >= 15 is 0 Å². The number of nitrogens with two attached hydrogens (primary N) is 1. The molecule has 6 N–H and O–H groups in total. The number of nitrogen functional groups attached to an aromatic ring is 1. The maximum Gasteiger partial charge on any atom is 0.416 e. The number of amides is 2. The summed E-state index contributed by atoms with van der Waals surface area (Å²) in [4.78, 5) is 26.7. The van der Waals surface area contributed by atoms with E-state index in [4.69, 9.17) is 17.3 Å². The first kappa shape index (κ1) is 39.1. The van der Waals surface area contributed by atoms with Gasteiger partial charge in [-0.15, -0.1) is 0 Å². The van der Waals surface area contributed by atoms with Gasteiger partial charge in [0.2, 0.25) is 0 Å². The van der Waals surface area contributed by atoms with E-state index in [1.54, 1.807) is 0 Å². The number of aliphatic hydroxyl groups is 1. The minimum atomic E-state index is -4.93. The number of hydrogen-bond acceptors (Lipinski definition) is 5. The molecule has 4 rings (SSSR count). The molecule has 1 unspecified atom stereocenters. The second kappa shape index (κ2) is 17.5. The molecule has 0 saturated carbocycles. The van der Waals surface area contributed by atoms with Gasteiger partial charge in [0.25, 0.3) is 11.8 Å². The third-order valence-corrected chi connectivity index (χ3v) is 9.23. The third kappa shape index (κ3) is 9.73. The van der Waals surface area contributed by atoms with Crippen LogP contribution in [0.2, 0.25) is 5.02 Å². The molecular formula is C37H44ClF5N4O3. The van der Waals surface area contributed by atoms with Gasteiger partial charge >= 0.3 is 6.18 Å². The summed E-state index contributed by atoms with van der Waals surface area (Å²) in [7, 11) is 0. The molecule has 7 nitrogen and oxygen atoms in total. The molecule has 0 aromatic heterocycles. The van der Waals surface area contributed by atoms with Gasteiger partial charge in [0.05, 0.1) is 21.8 Å². The van der Waals surface area contributed by atoms with Crippen molar-refractivity contribution in [1.82, 2.24) is 10.6 Å². The maximum atomic E-state index is 14.2. The van der Waals surface area contributed by atoms with Crippen LogP contribution in [-0.4, -0.2) is 23.5 Å². The lowest BCUT2D eigenvalue weighted by molar-refractivity contribution is -0.137. The quantitative estimate of drug-likeness (QED) is 0.0510. The minimum Gasteiger partial charge on any atom is -0.398 e. The minimum absolute atomic E-state index is 0.0167. The van der Waals surface area contributed by atoms with Gasteiger partial charge in [-0.2, -0.15) is 13.2 Å². The molecule has 0 saturated heterocycles. The molecule has 0 fully saturated rings. The van der Waals surface area contributed by atoms with Crippen LogP contribution in [0.3, 0.4) is 0 Å². The van der Waals surface area contributed by atoms with Crippen molar-refractivity contribution in [1.29, 1.82) is 0 Å². The second-order valence-corrected chi connectivity index (χ2v) is 13.2. The van der Waals surface area contributed by atoms with Crippen LogP contribution < -0.4 is 21.7 Å². The molecule has 0 aliphatic carbocycles. The Labute approximate surface area is 294 Å². The van der Waals surface area contributed by atoms with Crippen molar-refractivity contribution in [2.24, 2.45) is 0 Å². The molecule has 3 aromatic carbocycles. The topological polar surface area (TPSA) is 116 Å². The molecule has 0 radical (unpaired) electrons. The van der Waals surface area contributed by atoms with Crippen LogP contribution in [0.15, 0.2) is 42.5 Å². The van der Waals surface area contributed by atoms with E-state index in [1.165, 1.54) is 63.9 Å². The molecule has 272 valence electrons. The van der Waals surface area contributed by atoms with Crippen LogP contribution in [0.5, 0.6) is 0 Å². The number of rotatable bonds is 18. The van der Waals surface area contributed by atoms with E-state index in [0.29, 0.717) is 24.2 Å². The molecule has 2 amide bonds. The van der Waals surface area contributed by atoms with Crippen molar-refractivity contribution < 1.29 is 36.6 Å². The molecule has 0 spiro atoms. The Morgan fingerprint density at radius 2 is 1.52 bits per heavy atom. The lowest BCUT2D eigenvalue weighted by Crippen LogP contribution is -2.41. The van der Waals surface area contributed by atoms with Gasteiger partial charge in [-0.25, -0.2) is 8.78 Å². The van der Waals surface area contributed by atoms with Gasteiger partial charge in [-0.3, -0.25) is 9.59 Å². The van der Waals surface area contributed by atoms with Gasteiger partial charge in [0.1, 0.15) is 11.6 Å². The summed E-state index contributed by atoms with van der Waals surface area (Å²) >= 11 is 6.26. The SMILES string of the molecule is CCCCCCCCCCCCCCNCc1cc(NC(=O)c2cc(F)cc(C(F)(F)F)c2)c2c(c1N)C(=O)NC2(O)c1ccc(F)cc1Cl. The highest BCUT2D eigenvalue weighted by molar-refractivity contribution is 6.31. The molecule has 1 aliphatic rings. The van der Waals surface area contributed by atoms with Crippen LogP contribution in [0.4, 0.5) is 33.3 Å². The highest BCUT2D eigenvalue weighted by atomic mass is 35.5. The number of unbranched alkanes of at least 4 members (excludes halogenated alkanes) is 11. The van der Waals surface area contributed by atoms with E-state index in [2.05, 4.69) is 22.9 Å². The fourth-order valence-corrected chi connectivity index (χ4v) is 6.58. The first-order valence-electron chi connectivity index (χ1n) is 17.1. The highest BCUT2D eigenvalue weighted by Crippen LogP contribution is 2.45. The molecule has 0 bridgehead atoms. The van der Waals surface area contributed by atoms with Gasteiger partial charge in [-0.05, 0) is 61.0 Å². The predicted molar refractivity (Wildman–Crippen MR) is 185 cm³/mol. The summed E-state index contributed by atoms with van der Waals surface area (Å²) in [5.74, 6) is -3.99. The number of halogens is 6. The summed E-state index contributed by atoms with van der Waals surface area (Å²) in [5, 5.41) is 19.7. The van der Waals surface area contributed by atoms with E-state index < -0.39 is 46.5 Å². The molecule has 1 heterocycles. The smallest absolute Gasteiger partial charge is 0.398 e. The monoisotopic (exact) mass is 722 g/mol. The zero-order chi connectivity index (χ0) is 36.5. The molecule has 50 heavy (non-hydrogen) atoms. The Kier molecular flexibility index (Phi) is 13.6. The summed E-state index contributed by atoms with van der Waals surface area (Å²) in [6, 6.07) is 5.82. The Bertz CT molecular complexity index is 1670. The number of nitrogens with one attached hydrogen (secondary N) is 3. The molecule has 1 atom stereocenters. The van der Waals surface area contributed by atoms with Crippen molar-refractivity contribution in [2.45, 2.75) is 102 Å². The van der Waals surface area contributed by atoms with Crippen molar-refractivity contribution >= 4 is 34.8 Å². The predicted octanol–water partition coefficient (Wildman–Crippen LogP) is 9.20. The second-order valence-electron chi connectivity index (χ2n) is 12.8. The lowest BCUT2D eigenvalue weighted by atomic mass is 9.90. The van der Waals surface area contributed by atoms with Crippen LogP contribution in [0, 0.1) is 11.6 Å². The van der Waals surface area contributed by atoms with E-state index in [1.807, 2.05) is 0 Å². The number of fused-ring (bicyclic) bond motifs is 1. The number of hydrogen-bond donors (Lipinski definition) is 5. The normalized spacial score (nSPS) is 15.6. The van der Waals surface area contributed by atoms with E-state index in [9.17, 15) is 36.6 Å². The number of alkyl halides is 3.